The number of carboxylic acids is 1. The summed E-state index contributed by atoms with van der Waals surface area (Å²) in [6.07, 6.45) is 0.467. The molecule has 2 N–H and O–H groups in total. The lowest BCUT2D eigenvalue weighted by atomic mass is 9.95. The van der Waals surface area contributed by atoms with Crippen molar-refractivity contribution in [2.45, 2.75) is 32.3 Å². The van der Waals surface area contributed by atoms with Gasteiger partial charge in [0, 0.05) is 38.2 Å². The number of nitrogens with one attached hydrogen (secondary N) is 1. The first-order valence-electron chi connectivity index (χ1n) is 7.47. The number of carboxylic acid groups (broad SMARTS) is 1. The number of hydrogen-bond acceptors (Lipinski definition) is 4. The van der Waals surface area contributed by atoms with E-state index in [1.54, 1.807) is 7.05 Å². The third-order valence-electron chi connectivity index (χ3n) is 3.95. The van der Waals surface area contributed by atoms with Gasteiger partial charge in [0.05, 0.1) is 0 Å². The Bertz CT molecular complexity index is 565. The van der Waals surface area contributed by atoms with Crippen LogP contribution in [0.4, 0.5) is 10.5 Å². The molecule has 0 spiro atoms. The SMILES string of the molecule is CCN(C)C(=O)OCc1ccc2c(c1)NCC2CCC(=O)O.Cl. The number of hydrogen-bond donors (Lipinski definition) is 2. The molecule has 2 rings (SSSR count). The van der Waals surface area contributed by atoms with Crippen molar-refractivity contribution >= 4 is 30.2 Å². The third-order valence-corrected chi connectivity index (χ3v) is 3.95. The van der Waals surface area contributed by atoms with Crippen LogP contribution in [-0.2, 0) is 16.1 Å². The Morgan fingerprint density at radius 1 is 1.43 bits per heavy atom. The maximum absolute atomic E-state index is 11.6. The molecule has 1 atom stereocenters. The van der Waals surface area contributed by atoms with Crippen molar-refractivity contribution in [3.63, 3.8) is 0 Å². The molecular formula is C16H23ClN2O4. The molecule has 1 unspecified atom stereocenters. The molecule has 0 aromatic heterocycles. The van der Waals surface area contributed by atoms with Crippen molar-refractivity contribution in [3.05, 3.63) is 29.3 Å². The quantitative estimate of drug-likeness (QED) is 0.830. The Kier molecular flexibility index (Phi) is 7.16. The maximum Gasteiger partial charge on any atom is 0.409 e. The van der Waals surface area contributed by atoms with Gasteiger partial charge in [-0.3, -0.25) is 4.79 Å². The van der Waals surface area contributed by atoms with E-state index in [-0.39, 0.29) is 37.4 Å². The first-order chi connectivity index (χ1) is 10.5. The predicted molar refractivity (Wildman–Crippen MR) is 90.3 cm³/mol. The van der Waals surface area contributed by atoms with E-state index in [0.29, 0.717) is 13.0 Å². The van der Waals surface area contributed by atoms with Gasteiger partial charge in [0.25, 0.3) is 0 Å². The lowest BCUT2D eigenvalue weighted by Gasteiger charge is -2.15. The summed E-state index contributed by atoms with van der Waals surface area (Å²) >= 11 is 0. The van der Waals surface area contributed by atoms with E-state index in [2.05, 4.69) is 5.32 Å². The molecule has 1 aromatic rings. The number of carbonyl (C=O) groups excluding carboxylic acids is 1. The van der Waals surface area contributed by atoms with E-state index >= 15 is 0 Å². The Morgan fingerprint density at radius 2 is 2.17 bits per heavy atom. The smallest absolute Gasteiger partial charge is 0.409 e. The lowest BCUT2D eigenvalue weighted by molar-refractivity contribution is -0.137. The molecule has 1 heterocycles. The zero-order valence-electron chi connectivity index (χ0n) is 13.4. The van der Waals surface area contributed by atoms with Crippen LogP contribution in [0.15, 0.2) is 18.2 Å². The van der Waals surface area contributed by atoms with Crippen LogP contribution >= 0.6 is 12.4 Å². The van der Waals surface area contributed by atoms with E-state index in [1.807, 2.05) is 25.1 Å². The van der Waals surface area contributed by atoms with Crippen LogP contribution in [0, 0.1) is 0 Å². The van der Waals surface area contributed by atoms with Gasteiger partial charge in [0.2, 0.25) is 0 Å². The number of amides is 1. The summed E-state index contributed by atoms with van der Waals surface area (Å²) in [5.41, 5.74) is 3.07. The molecular weight excluding hydrogens is 320 g/mol. The van der Waals surface area contributed by atoms with E-state index in [4.69, 9.17) is 9.84 Å². The second-order valence-corrected chi connectivity index (χ2v) is 5.50. The molecule has 1 amide bonds. The van der Waals surface area contributed by atoms with Crippen LogP contribution in [-0.4, -0.2) is 42.2 Å². The molecule has 7 heteroatoms. The van der Waals surface area contributed by atoms with E-state index in [9.17, 15) is 9.59 Å². The van der Waals surface area contributed by atoms with E-state index in [0.717, 1.165) is 23.4 Å². The van der Waals surface area contributed by atoms with Gasteiger partial charge in [0.1, 0.15) is 6.61 Å². The summed E-state index contributed by atoms with van der Waals surface area (Å²) in [5, 5.41) is 12.1. The van der Waals surface area contributed by atoms with Crippen molar-refractivity contribution in [1.82, 2.24) is 4.90 Å². The van der Waals surface area contributed by atoms with E-state index in [1.165, 1.54) is 4.90 Å². The van der Waals surface area contributed by atoms with Crippen molar-refractivity contribution in [2.24, 2.45) is 0 Å². The van der Waals surface area contributed by atoms with Gasteiger partial charge in [-0.1, -0.05) is 12.1 Å². The molecule has 1 aliphatic rings. The summed E-state index contributed by atoms with van der Waals surface area (Å²) in [4.78, 5) is 23.8. The number of ether oxygens (including phenoxy) is 1. The van der Waals surface area contributed by atoms with E-state index < -0.39 is 5.97 Å². The predicted octanol–water partition coefficient (Wildman–Crippen LogP) is 3.07. The molecule has 128 valence electrons. The zero-order valence-corrected chi connectivity index (χ0v) is 14.2. The summed E-state index contributed by atoms with van der Waals surface area (Å²) < 4.78 is 5.23. The molecule has 1 aromatic carbocycles. The fraction of sp³-hybridized carbons (Fsp3) is 0.500. The molecule has 0 saturated heterocycles. The number of benzene rings is 1. The standard InChI is InChI=1S/C16H22N2O4.ClH/c1-3-18(2)16(21)22-10-11-4-6-13-12(5-7-15(19)20)9-17-14(13)8-11;/h4,6,8,12,17H,3,5,7,9-10H2,1-2H3,(H,19,20);1H. The summed E-state index contributed by atoms with van der Waals surface area (Å²) in [6, 6.07) is 5.89. The van der Waals surface area contributed by atoms with Gasteiger partial charge in [-0.15, -0.1) is 12.4 Å². The minimum Gasteiger partial charge on any atom is -0.481 e. The summed E-state index contributed by atoms with van der Waals surface area (Å²) in [5.74, 6) is -0.536. The molecule has 1 aliphatic heterocycles. The number of fused-ring (bicyclic) bond motifs is 1. The highest BCUT2D eigenvalue weighted by Crippen LogP contribution is 2.35. The van der Waals surface area contributed by atoms with Crippen LogP contribution in [0.25, 0.3) is 0 Å². The van der Waals surface area contributed by atoms with Gasteiger partial charge in [-0.05, 0) is 30.5 Å². The Labute approximate surface area is 142 Å². The number of anilines is 1. The average molecular weight is 343 g/mol. The third kappa shape index (κ3) is 5.03. The van der Waals surface area contributed by atoms with Crippen molar-refractivity contribution < 1.29 is 19.4 Å². The molecule has 0 saturated carbocycles. The molecule has 6 nitrogen and oxygen atoms in total. The average Bonchev–Trinajstić information content (AvgIpc) is 2.92. The molecule has 0 radical (unpaired) electrons. The second-order valence-electron chi connectivity index (χ2n) is 5.50. The molecule has 0 bridgehead atoms. The number of rotatable bonds is 6. The topological polar surface area (TPSA) is 78.9 Å². The molecule has 0 fully saturated rings. The van der Waals surface area contributed by atoms with Crippen molar-refractivity contribution in [2.75, 3.05) is 25.5 Å². The number of halogens is 1. The van der Waals surface area contributed by atoms with Gasteiger partial charge in [-0.2, -0.15) is 0 Å². The Morgan fingerprint density at radius 3 is 2.83 bits per heavy atom. The largest absolute Gasteiger partial charge is 0.481 e. The van der Waals surface area contributed by atoms with Crippen molar-refractivity contribution in [1.29, 1.82) is 0 Å². The van der Waals surface area contributed by atoms with Crippen LogP contribution in [0.1, 0.15) is 36.8 Å². The zero-order chi connectivity index (χ0) is 16.1. The van der Waals surface area contributed by atoms with Crippen LogP contribution in [0.2, 0.25) is 0 Å². The van der Waals surface area contributed by atoms with Gasteiger partial charge >= 0.3 is 12.1 Å². The normalized spacial score (nSPS) is 15.1. The van der Waals surface area contributed by atoms with Gasteiger partial charge in [-0.25, -0.2) is 4.79 Å². The highest BCUT2D eigenvalue weighted by molar-refractivity contribution is 5.85. The monoisotopic (exact) mass is 342 g/mol. The molecule has 0 aliphatic carbocycles. The lowest BCUT2D eigenvalue weighted by Crippen LogP contribution is -2.26. The van der Waals surface area contributed by atoms with Crippen molar-refractivity contribution in [3.8, 4) is 0 Å². The minimum atomic E-state index is -0.767. The second kappa shape index (κ2) is 8.62. The van der Waals surface area contributed by atoms with Crippen LogP contribution in [0.5, 0.6) is 0 Å². The fourth-order valence-electron chi connectivity index (χ4n) is 2.49. The van der Waals surface area contributed by atoms with Gasteiger partial charge in [0.15, 0.2) is 0 Å². The summed E-state index contributed by atoms with van der Waals surface area (Å²) in [7, 11) is 1.69. The first-order valence-corrected chi connectivity index (χ1v) is 7.47. The van der Waals surface area contributed by atoms with Crippen LogP contribution < -0.4 is 5.32 Å². The Balaban J connectivity index is 0.00000264. The number of carbonyl (C=O) groups is 2. The Hall–Kier alpha value is -1.95. The highest BCUT2D eigenvalue weighted by atomic mass is 35.5. The van der Waals surface area contributed by atoms with Gasteiger partial charge < -0.3 is 20.1 Å². The minimum absolute atomic E-state index is 0. The number of nitrogens with zero attached hydrogens (tertiary/aromatic N) is 1. The maximum atomic E-state index is 11.6. The van der Waals surface area contributed by atoms with Crippen LogP contribution in [0.3, 0.4) is 0 Å². The first kappa shape index (κ1) is 19.1. The molecule has 23 heavy (non-hydrogen) atoms. The summed E-state index contributed by atoms with van der Waals surface area (Å²) in [6.45, 7) is 3.48. The highest BCUT2D eigenvalue weighted by Gasteiger charge is 2.23. The fourth-order valence-corrected chi connectivity index (χ4v) is 2.49. The number of aliphatic carboxylic acids is 1.